The summed E-state index contributed by atoms with van der Waals surface area (Å²) in [5.41, 5.74) is -0.360. The van der Waals surface area contributed by atoms with Crippen molar-refractivity contribution in [1.82, 2.24) is 0 Å². The Balaban J connectivity index is 2.06. The Morgan fingerprint density at radius 3 is 2.58 bits per heavy atom. The molecule has 0 radical (unpaired) electrons. The lowest BCUT2D eigenvalue weighted by atomic mass is 10.0. The van der Waals surface area contributed by atoms with Gasteiger partial charge in [-0.1, -0.05) is 17.7 Å². The molecule has 0 bridgehead atoms. The van der Waals surface area contributed by atoms with Crippen LogP contribution in [0, 0.1) is 0 Å². The molecular weight excluding hydrogens is 364 g/mol. The van der Waals surface area contributed by atoms with Crippen molar-refractivity contribution >= 4 is 23.6 Å². The Hall–Kier alpha value is -2.22. The molecule has 0 aliphatic carbocycles. The van der Waals surface area contributed by atoms with E-state index >= 15 is 0 Å². The van der Waals surface area contributed by atoms with E-state index in [1.807, 2.05) is 0 Å². The largest absolute Gasteiger partial charge is 0.508 e. The Labute approximate surface area is 154 Å². The first-order valence-electron chi connectivity index (χ1n) is 8.14. The van der Waals surface area contributed by atoms with Crippen LogP contribution in [0.3, 0.4) is 0 Å². The van der Waals surface area contributed by atoms with Gasteiger partial charge in [-0.25, -0.2) is 4.79 Å². The van der Waals surface area contributed by atoms with E-state index in [4.69, 9.17) is 21.1 Å². The number of aliphatic hydroxyl groups is 2. The Kier molecular flexibility index (Phi) is 5.13. The minimum Gasteiger partial charge on any atom is -0.508 e. The Morgan fingerprint density at radius 2 is 1.85 bits per heavy atom. The molecule has 2 aliphatic rings. The number of carbonyl (C=O) groups is 1. The van der Waals surface area contributed by atoms with E-state index in [2.05, 4.69) is 0 Å². The van der Waals surface area contributed by atoms with Gasteiger partial charge in [0.15, 0.2) is 0 Å². The molecule has 26 heavy (non-hydrogen) atoms. The SMILES string of the molecule is C[C@@H]1C[C@@H]2O[C@@H]2C[C@H](O)/C=C/C(O)=C\c2c(Cl)c(O)cc(O)c2C(=O)O1. The lowest BCUT2D eigenvalue weighted by Gasteiger charge is -2.16. The van der Waals surface area contributed by atoms with Gasteiger partial charge in [-0.15, -0.1) is 0 Å². The van der Waals surface area contributed by atoms with Crippen molar-refractivity contribution in [2.75, 3.05) is 0 Å². The zero-order valence-corrected chi connectivity index (χ0v) is 14.7. The number of esters is 1. The number of rotatable bonds is 0. The molecule has 0 saturated carbocycles. The molecule has 4 atom stereocenters. The zero-order valence-electron chi connectivity index (χ0n) is 13.9. The summed E-state index contributed by atoms with van der Waals surface area (Å²) in [5.74, 6) is -2.15. The third-order valence-electron chi connectivity index (χ3n) is 4.28. The standard InChI is InChI=1S/C18H19ClO7/c1-8-4-14-15(26-14)6-10(21)3-2-9(20)5-11-16(18(24)25-8)12(22)7-13(23)17(11)19/h2-3,5,7-8,10,14-15,20-23H,4,6H2,1H3/b3-2+,9-5+/t8-,10-,14+,15-/m1/s1. The molecular formula is C18H19ClO7. The molecule has 1 fully saturated rings. The van der Waals surface area contributed by atoms with Gasteiger partial charge in [-0.3, -0.25) is 0 Å². The summed E-state index contributed by atoms with van der Waals surface area (Å²) < 4.78 is 10.8. The molecule has 4 N–H and O–H groups in total. The number of carbonyl (C=O) groups excluding carboxylic acids is 1. The third kappa shape index (κ3) is 3.95. The normalized spacial score (nSPS) is 32.3. The van der Waals surface area contributed by atoms with Crippen LogP contribution in [0.25, 0.3) is 6.08 Å². The van der Waals surface area contributed by atoms with E-state index in [0.29, 0.717) is 12.8 Å². The molecule has 1 aromatic carbocycles. The summed E-state index contributed by atoms with van der Waals surface area (Å²) in [5, 5.41) is 39.7. The van der Waals surface area contributed by atoms with Crippen LogP contribution in [0.1, 0.15) is 35.7 Å². The van der Waals surface area contributed by atoms with Crippen molar-refractivity contribution in [1.29, 1.82) is 0 Å². The van der Waals surface area contributed by atoms with Crippen molar-refractivity contribution in [3.8, 4) is 11.5 Å². The first-order valence-corrected chi connectivity index (χ1v) is 8.52. The average molecular weight is 383 g/mol. The number of phenolic OH excluding ortho intramolecular Hbond substituents is 2. The first-order chi connectivity index (χ1) is 12.3. The topological polar surface area (TPSA) is 120 Å². The minimum absolute atomic E-state index is 0.0874. The Bertz CT molecular complexity index is 786. The highest BCUT2D eigenvalue weighted by atomic mass is 35.5. The number of halogens is 1. The number of allylic oxidation sites excluding steroid dienone is 1. The minimum atomic E-state index is -0.839. The van der Waals surface area contributed by atoms with E-state index in [9.17, 15) is 25.2 Å². The number of fused-ring (bicyclic) bond motifs is 2. The van der Waals surface area contributed by atoms with Gasteiger partial charge < -0.3 is 29.9 Å². The van der Waals surface area contributed by atoms with Gasteiger partial charge in [0.1, 0.15) is 28.9 Å². The molecule has 0 unspecified atom stereocenters. The van der Waals surface area contributed by atoms with Crippen LogP contribution in [0.2, 0.25) is 5.02 Å². The second-order valence-electron chi connectivity index (χ2n) is 6.41. The quantitative estimate of drug-likeness (QED) is 0.402. The van der Waals surface area contributed by atoms with Gasteiger partial charge in [-0.2, -0.15) is 0 Å². The maximum absolute atomic E-state index is 12.5. The van der Waals surface area contributed by atoms with Crippen LogP contribution in [-0.2, 0) is 9.47 Å². The molecule has 0 aromatic heterocycles. The maximum Gasteiger partial charge on any atom is 0.342 e. The zero-order chi connectivity index (χ0) is 19.0. The van der Waals surface area contributed by atoms with E-state index in [0.717, 1.165) is 12.1 Å². The highest BCUT2D eigenvalue weighted by molar-refractivity contribution is 6.34. The van der Waals surface area contributed by atoms with Crippen molar-refractivity contribution in [3.63, 3.8) is 0 Å². The molecule has 1 saturated heterocycles. The summed E-state index contributed by atoms with van der Waals surface area (Å²) in [7, 11) is 0. The van der Waals surface area contributed by atoms with Crippen LogP contribution in [0.5, 0.6) is 11.5 Å². The second kappa shape index (κ2) is 7.19. The molecule has 3 rings (SSSR count). The van der Waals surface area contributed by atoms with Gasteiger partial charge in [0.05, 0.1) is 23.3 Å². The number of phenols is 2. The van der Waals surface area contributed by atoms with Crippen LogP contribution in [0.15, 0.2) is 24.0 Å². The molecule has 1 aromatic rings. The number of benzene rings is 1. The predicted octanol–water partition coefficient (Wildman–Crippen LogP) is 2.67. The van der Waals surface area contributed by atoms with E-state index < -0.39 is 29.7 Å². The Morgan fingerprint density at radius 1 is 1.15 bits per heavy atom. The van der Waals surface area contributed by atoms with Gasteiger partial charge in [0.2, 0.25) is 0 Å². The highest BCUT2D eigenvalue weighted by Crippen LogP contribution is 2.38. The fourth-order valence-corrected chi connectivity index (χ4v) is 3.14. The van der Waals surface area contributed by atoms with Crippen LogP contribution in [0.4, 0.5) is 0 Å². The lowest BCUT2D eigenvalue weighted by molar-refractivity contribution is 0.0306. The molecule has 0 amide bonds. The monoisotopic (exact) mass is 382 g/mol. The van der Waals surface area contributed by atoms with Crippen molar-refractivity contribution in [2.45, 2.75) is 44.2 Å². The summed E-state index contributed by atoms with van der Waals surface area (Å²) in [6.45, 7) is 1.69. The second-order valence-corrected chi connectivity index (χ2v) is 6.79. The average Bonchev–Trinajstić information content (AvgIpc) is 3.26. The lowest BCUT2D eigenvalue weighted by Crippen LogP contribution is -2.19. The molecule has 8 heteroatoms. The third-order valence-corrected chi connectivity index (χ3v) is 4.68. The predicted molar refractivity (Wildman–Crippen MR) is 93.3 cm³/mol. The van der Waals surface area contributed by atoms with Crippen molar-refractivity contribution < 1.29 is 34.7 Å². The van der Waals surface area contributed by atoms with Crippen LogP contribution < -0.4 is 0 Å². The summed E-state index contributed by atoms with van der Waals surface area (Å²) >= 11 is 6.04. The summed E-state index contributed by atoms with van der Waals surface area (Å²) in [6, 6.07) is 0.931. The first kappa shape index (κ1) is 18.6. The number of hydrogen-bond donors (Lipinski definition) is 4. The fraction of sp³-hybridized carbons (Fsp3) is 0.389. The van der Waals surface area contributed by atoms with Gasteiger partial charge in [-0.05, 0) is 19.1 Å². The number of cyclic esters (lactones) is 1. The number of hydrogen-bond acceptors (Lipinski definition) is 7. The number of aromatic hydroxyl groups is 2. The summed E-state index contributed by atoms with van der Waals surface area (Å²) in [4.78, 5) is 12.5. The van der Waals surface area contributed by atoms with Crippen molar-refractivity contribution in [3.05, 3.63) is 40.1 Å². The maximum atomic E-state index is 12.5. The fourth-order valence-electron chi connectivity index (χ4n) is 2.93. The number of epoxide rings is 1. The van der Waals surface area contributed by atoms with Crippen LogP contribution >= 0.6 is 11.6 Å². The molecule has 7 nitrogen and oxygen atoms in total. The van der Waals surface area contributed by atoms with Gasteiger partial charge in [0.25, 0.3) is 0 Å². The van der Waals surface area contributed by atoms with Gasteiger partial charge in [0, 0.05) is 24.5 Å². The number of aliphatic hydroxyl groups excluding tert-OH is 2. The van der Waals surface area contributed by atoms with E-state index in [1.165, 1.54) is 12.2 Å². The van der Waals surface area contributed by atoms with E-state index in [1.54, 1.807) is 6.92 Å². The van der Waals surface area contributed by atoms with Crippen LogP contribution in [-0.4, -0.2) is 50.8 Å². The van der Waals surface area contributed by atoms with E-state index in [-0.39, 0.29) is 34.1 Å². The molecule has 140 valence electrons. The number of ether oxygens (including phenoxy) is 2. The molecule has 2 heterocycles. The van der Waals surface area contributed by atoms with Crippen molar-refractivity contribution in [2.24, 2.45) is 0 Å². The molecule has 2 aliphatic heterocycles. The van der Waals surface area contributed by atoms with Gasteiger partial charge >= 0.3 is 5.97 Å². The summed E-state index contributed by atoms with van der Waals surface area (Å²) in [6.07, 6.45) is 2.91. The smallest absolute Gasteiger partial charge is 0.342 e. The molecule has 0 spiro atoms. The highest BCUT2D eigenvalue weighted by Gasteiger charge is 2.41.